The number of imidazole rings is 1. The van der Waals surface area contributed by atoms with E-state index in [1.54, 1.807) is 27.8 Å². The molecule has 0 saturated carbocycles. The number of carbonyl (C=O) groups excluding carboxylic acids is 1. The molecule has 0 aromatic carbocycles. The number of hydrogen-bond acceptors (Lipinski definition) is 4. The minimum atomic E-state index is -0.816. The van der Waals surface area contributed by atoms with E-state index in [1.807, 2.05) is 0 Å². The van der Waals surface area contributed by atoms with Gasteiger partial charge in [-0.1, -0.05) is 20.8 Å². The first-order chi connectivity index (χ1) is 8.23. The average molecular weight is 250 g/mol. The Hall–Kier alpha value is -2.18. The van der Waals surface area contributed by atoms with Crippen molar-refractivity contribution in [1.29, 1.82) is 0 Å². The van der Waals surface area contributed by atoms with Crippen molar-refractivity contribution < 1.29 is 4.79 Å². The summed E-state index contributed by atoms with van der Waals surface area (Å²) in [4.78, 5) is 42.4. The van der Waals surface area contributed by atoms with Gasteiger partial charge in [0.2, 0.25) is 5.91 Å². The van der Waals surface area contributed by atoms with Crippen molar-refractivity contribution in [3.63, 3.8) is 0 Å². The van der Waals surface area contributed by atoms with E-state index in [1.165, 1.54) is 10.9 Å². The Labute approximate surface area is 102 Å². The smallest absolute Gasteiger partial charge is 0.328 e. The highest BCUT2D eigenvalue weighted by molar-refractivity contribution is 5.85. The summed E-state index contributed by atoms with van der Waals surface area (Å²) in [6.07, 6.45) is 1.41. The summed E-state index contributed by atoms with van der Waals surface area (Å²) in [5, 5.41) is 0. The van der Waals surface area contributed by atoms with Gasteiger partial charge in [-0.05, 0) is 0 Å². The molecule has 0 bridgehead atoms. The van der Waals surface area contributed by atoms with Crippen molar-refractivity contribution >= 4 is 17.1 Å². The van der Waals surface area contributed by atoms with Crippen LogP contribution in [0.25, 0.3) is 11.2 Å². The number of aromatic nitrogens is 4. The van der Waals surface area contributed by atoms with Crippen molar-refractivity contribution in [3.05, 3.63) is 27.2 Å². The Morgan fingerprint density at radius 2 is 1.94 bits per heavy atom. The lowest BCUT2D eigenvalue weighted by Crippen LogP contribution is -2.44. The summed E-state index contributed by atoms with van der Waals surface area (Å²) < 4.78 is 2.10. The maximum atomic E-state index is 12.2. The molecule has 0 amide bonds. The lowest BCUT2D eigenvalue weighted by molar-refractivity contribution is 0.0756. The standard InChI is InChI=1S/C11H14N4O3/c1-11(2,3)9(17)15-8(16)6-7(13-10(15)18)12-5-14(6)4/h5H,1-4H3,(H,13,18). The Kier molecular flexibility index (Phi) is 2.50. The lowest BCUT2D eigenvalue weighted by Gasteiger charge is -2.16. The summed E-state index contributed by atoms with van der Waals surface area (Å²) in [5.41, 5.74) is -1.83. The first-order valence-corrected chi connectivity index (χ1v) is 5.44. The van der Waals surface area contributed by atoms with Crippen LogP contribution in [0, 0.1) is 5.41 Å². The van der Waals surface area contributed by atoms with Crippen LogP contribution in [0.5, 0.6) is 0 Å². The van der Waals surface area contributed by atoms with E-state index >= 15 is 0 Å². The molecule has 0 radical (unpaired) electrons. The second-order valence-corrected chi connectivity index (χ2v) is 5.18. The number of hydrogen-bond donors (Lipinski definition) is 1. The van der Waals surface area contributed by atoms with Gasteiger partial charge in [-0.2, -0.15) is 4.57 Å². The first-order valence-electron chi connectivity index (χ1n) is 5.44. The molecule has 7 nitrogen and oxygen atoms in total. The van der Waals surface area contributed by atoms with Gasteiger partial charge in [0.25, 0.3) is 5.56 Å². The molecule has 0 unspecified atom stereocenters. The van der Waals surface area contributed by atoms with Crippen molar-refractivity contribution in [3.8, 4) is 0 Å². The van der Waals surface area contributed by atoms with Crippen molar-refractivity contribution in [2.45, 2.75) is 20.8 Å². The van der Waals surface area contributed by atoms with Crippen LogP contribution in [0.15, 0.2) is 15.9 Å². The van der Waals surface area contributed by atoms with Gasteiger partial charge >= 0.3 is 5.69 Å². The van der Waals surface area contributed by atoms with Crippen LogP contribution < -0.4 is 11.2 Å². The molecule has 2 aromatic heterocycles. The van der Waals surface area contributed by atoms with Gasteiger partial charge in [0.05, 0.1) is 6.33 Å². The molecular weight excluding hydrogens is 236 g/mol. The molecule has 0 atom stereocenters. The molecule has 0 saturated heterocycles. The van der Waals surface area contributed by atoms with Crippen molar-refractivity contribution in [2.75, 3.05) is 0 Å². The van der Waals surface area contributed by atoms with Gasteiger partial charge in [0, 0.05) is 12.5 Å². The van der Waals surface area contributed by atoms with E-state index in [4.69, 9.17) is 0 Å². The van der Waals surface area contributed by atoms with Crippen LogP contribution >= 0.6 is 0 Å². The third-order valence-electron chi connectivity index (χ3n) is 2.62. The molecular formula is C11H14N4O3. The Bertz CT molecular complexity index is 742. The van der Waals surface area contributed by atoms with Crippen LogP contribution in [-0.2, 0) is 7.05 Å². The van der Waals surface area contributed by atoms with Crippen LogP contribution in [-0.4, -0.2) is 25.0 Å². The van der Waals surface area contributed by atoms with Gasteiger partial charge in [0.15, 0.2) is 11.2 Å². The van der Waals surface area contributed by atoms with Gasteiger partial charge in [-0.15, -0.1) is 0 Å². The zero-order valence-corrected chi connectivity index (χ0v) is 10.6. The number of aromatic amines is 1. The highest BCUT2D eigenvalue weighted by Gasteiger charge is 2.27. The van der Waals surface area contributed by atoms with Gasteiger partial charge < -0.3 is 4.57 Å². The van der Waals surface area contributed by atoms with Crippen molar-refractivity contribution in [2.24, 2.45) is 12.5 Å². The third kappa shape index (κ3) is 1.68. The molecule has 7 heteroatoms. The largest absolute Gasteiger partial charge is 0.337 e. The van der Waals surface area contributed by atoms with Crippen LogP contribution in [0.3, 0.4) is 0 Å². The molecule has 2 heterocycles. The molecule has 96 valence electrons. The minimum absolute atomic E-state index is 0.186. The van der Waals surface area contributed by atoms with E-state index < -0.39 is 22.6 Å². The number of aryl methyl sites for hydroxylation is 1. The van der Waals surface area contributed by atoms with E-state index in [9.17, 15) is 14.4 Å². The van der Waals surface area contributed by atoms with E-state index in [-0.39, 0.29) is 11.2 Å². The topological polar surface area (TPSA) is 89.8 Å². The highest BCUT2D eigenvalue weighted by atomic mass is 16.2. The zero-order valence-electron chi connectivity index (χ0n) is 10.6. The fraction of sp³-hybridized carbons (Fsp3) is 0.455. The second-order valence-electron chi connectivity index (χ2n) is 5.18. The quantitative estimate of drug-likeness (QED) is 0.718. The van der Waals surface area contributed by atoms with E-state index in [0.29, 0.717) is 4.57 Å². The zero-order chi connectivity index (χ0) is 13.7. The Morgan fingerprint density at radius 1 is 1.33 bits per heavy atom. The van der Waals surface area contributed by atoms with Gasteiger partial charge in [0.1, 0.15) is 0 Å². The molecule has 0 spiro atoms. The van der Waals surface area contributed by atoms with E-state index in [2.05, 4.69) is 9.97 Å². The SMILES string of the molecule is Cn1cnc2[nH]c(=O)n(C(=O)C(C)(C)C)c(=O)c21. The van der Waals surface area contributed by atoms with Gasteiger partial charge in [-0.25, -0.2) is 9.78 Å². The monoisotopic (exact) mass is 250 g/mol. The fourth-order valence-electron chi connectivity index (χ4n) is 1.65. The maximum absolute atomic E-state index is 12.2. The summed E-state index contributed by atoms with van der Waals surface area (Å²) in [5.74, 6) is -0.545. The molecule has 2 aromatic rings. The summed E-state index contributed by atoms with van der Waals surface area (Å²) in [6.45, 7) is 4.94. The predicted molar refractivity (Wildman–Crippen MR) is 65.7 cm³/mol. The average Bonchev–Trinajstić information content (AvgIpc) is 2.58. The van der Waals surface area contributed by atoms with Crippen LogP contribution in [0.2, 0.25) is 0 Å². The first kappa shape index (κ1) is 12.3. The highest BCUT2D eigenvalue weighted by Crippen LogP contribution is 2.14. The minimum Gasteiger partial charge on any atom is -0.328 e. The summed E-state index contributed by atoms with van der Waals surface area (Å²) in [7, 11) is 1.63. The molecule has 18 heavy (non-hydrogen) atoms. The molecule has 1 N–H and O–H groups in total. The molecule has 0 aliphatic heterocycles. The second kappa shape index (κ2) is 3.66. The van der Waals surface area contributed by atoms with Gasteiger partial charge in [-0.3, -0.25) is 14.6 Å². The Morgan fingerprint density at radius 3 is 2.50 bits per heavy atom. The number of rotatable bonds is 0. The molecule has 0 aliphatic carbocycles. The molecule has 0 aliphatic rings. The number of fused-ring (bicyclic) bond motifs is 1. The summed E-state index contributed by atoms with van der Waals surface area (Å²) >= 11 is 0. The number of nitrogens with zero attached hydrogens (tertiary/aromatic N) is 3. The summed E-state index contributed by atoms with van der Waals surface area (Å²) in [6, 6.07) is 0. The lowest BCUT2D eigenvalue weighted by atomic mass is 9.95. The molecule has 2 rings (SSSR count). The van der Waals surface area contributed by atoms with Crippen LogP contribution in [0.4, 0.5) is 0 Å². The number of H-pyrrole nitrogens is 1. The maximum Gasteiger partial charge on any atom is 0.337 e. The van der Waals surface area contributed by atoms with E-state index in [0.717, 1.165) is 0 Å². The number of nitrogens with one attached hydrogen (secondary N) is 1. The Balaban J connectivity index is 2.88. The third-order valence-corrected chi connectivity index (χ3v) is 2.62. The van der Waals surface area contributed by atoms with Crippen molar-refractivity contribution in [1.82, 2.24) is 19.1 Å². The fourth-order valence-corrected chi connectivity index (χ4v) is 1.65. The van der Waals surface area contributed by atoms with Crippen LogP contribution in [0.1, 0.15) is 25.6 Å². The molecule has 0 fully saturated rings. The number of carbonyl (C=O) groups is 1. The normalized spacial score (nSPS) is 12.0. The predicted octanol–water partition coefficient (Wildman–Crippen LogP) is 0.110.